The summed E-state index contributed by atoms with van der Waals surface area (Å²) >= 11 is 0. The molecule has 0 amide bonds. The summed E-state index contributed by atoms with van der Waals surface area (Å²) in [5.74, 6) is 1.97. The summed E-state index contributed by atoms with van der Waals surface area (Å²) in [5, 5.41) is 10.1. The van der Waals surface area contributed by atoms with Gasteiger partial charge in [-0.1, -0.05) is 18.2 Å². The van der Waals surface area contributed by atoms with E-state index in [0.29, 0.717) is 0 Å². The van der Waals surface area contributed by atoms with Gasteiger partial charge < -0.3 is 10.1 Å². The molecule has 0 saturated carbocycles. The second-order valence-electron chi connectivity index (χ2n) is 5.80. The Hall–Kier alpha value is -1.88. The zero-order chi connectivity index (χ0) is 14.0. The van der Waals surface area contributed by atoms with Crippen LogP contribution in [-0.4, -0.2) is 27.3 Å². The van der Waals surface area contributed by atoms with Crippen LogP contribution in [-0.2, 0) is 19.4 Å². The van der Waals surface area contributed by atoms with Gasteiger partial charge in [-0.3, -0.25) is 5.10 Å². The second kappa shape index (κ2) is 5.25. The van der Waals surface area contributed by atoms with E-state index in [1.54, 1.807) is 0 Å². The van der Waals surface area contributed by atoms with Crippen LogP contribution < -0.4 is 10.1 Å². The van der Waals surface area contributed by atoms with Crippen LogP contribution in [0.3, 0.4) is 0 Å². The van der Waals surface area contributed by atoms with E-state index in [4.69, 9.17) is 4.74 Å². The van der Waals surface area contributed by atoms with Gasteiger partial charge in [-0.25, -0.2) is 4.98 Å². The van der Waals surface area contributed by atoms with Crippen LogP contribution in [0.1, 0.15) is 30.8 Å². The molecular weight excluding hydrogens is 252 g/mol. The highest BCUT2D eigenvalue weighted by molar-refractivity contribution is 5.45. The van der Waals surface area contributed by atoms with Gasteiger partial charge >= 0.3 is 0 Å². The second-order valence-corrected chi connectivity index (χ2v) is 5.80. The number of H-pyrrole nitrogens is 1. The minimum atomic E-state index is -0.0850. The van der Waals surface area contributed by atoms with Crippen LogP contribution in [0, 0.1) is 0 Å². The molecule has 0 fully saturated rings. The lowest BCUT2D eigenvalue weighted by Crippen LogP contribution is -2.25. The highest BCUT2D eigenvalue weighted by atomic mass is 16.5. The lowest BCUT2D eigenvalue weighted by Gasteiger charge is -2.18. The number of fused-ring (bicyclic) bond motifs is 1. The average molecular weight is 272 g/mol. The fourth-order valence-corrected chi connectivity index (χ4v) is 2.60. The van der Waals surface area contributed by atoms with Crippen molar-refractivity contribution < 1.29 is 4.74 Å². The molecule has 5 nitrogen and oxygen atoms in total. The Kier molecular flexibility index (Phi) is 3.44. The molecule has 20 heavy (non-hydrogen) atoms. The minimum Gasteiger partial charge on any atom is -0.487 e. The van der Waals surface area contributed by atoms with Crippen LogP contribution in [0.4, 0.5) is 0 Å². The topological polar surface area (TPSA) is 62.8 Å². The largest absolute Gasteiger partial charge is 0.487 e. The molecular formula is C15H20N4O. The van der Waals surface area contributed by atoms with Crippen molar-refractivity contribution >= 4 is 0 Å². The lowest BCUT2D eigenvalue weighted by molar-refractivity contribution is 0.137. The SMILES string of the molecule is CC1(C)Cc2cccc(CNCCc3ncn[nH]3)c2O1. The van der Waals surface area contributed by atoms with Gasteiger partial charge in [-0.05, 0) is 19.4 Å². The lowest BCUT2D eigenvalue weighted by atomic mass is 10.0. The maximum Gasteiger partial charge on any atom is 0.137 e. The average Bonchev–Trinajstić information content (AvgIpc) is 3.00. The first kappa shape index (κ1) is 13.1. The third-order valence-corrected chi connectivity index (χ3v) is 3.49. The number of aromatic nitrogens is 3. The van der Waals surface area contributed by atoms with Gasteiger partial charge in [-0.15, -0.1) is 0 Å². The quantitative estimate of drug-likeness (QED) is 0.815. The van der Waals surface area contributed by atoms with Gasteiger partial charge in [0.05, 0.1) is 0 Å². The van der Waals surface area contributed by atoms with Crippen molar-refractivity contribution in [2.75, 3.05) is 6.54 Å². The van der Waals surface area contributed by atoms with Crippen molar-refractivity contribution in [2.45, 2.75) is 38.8 Å². The molecule has 1 aromatic carbocycles. The Morgan fingerprint density at radius 3 is 3.10 bits per heavy atom. The van der Waals surface area contributed by atoms with E-state index >= 15 is 0 Å². The fraction of sp³-hybridized carbons (Fsp3) is 0.467. The number of hydrogen-bond donors (Lipinski definition) is 2. The molecule has 0 unspecified atom stereocenters. The van der Waals surface area contributed by atoms with Gasteiger partial charge in [0.2, 0.25) is 0 Å². The Balaban J connectivity index is 1.58. The maximum absolute atomic E-state index is 6.06. The molecule has 0 spiro atoms. The van der Waals surface area contributed by atoms with Crippen molar-refractivity contribution in [1.29, 1.82) is 0 Å². The smallest absolute Gasteiger partial charge is 0.137 e. The van der Waals surface area contributed by atoms with E-state index in [9.17, 15) is 0 Å². The number of nitrogens with zero attached hydrogens (tertiary/aromatic N) is 2. The Labute approximate surface area is 118 Å². The molecule has 0 atom stereocenters. The molecule has 0 aliphatic carbocycles. The summed E-state index contributed by atoms with van der Waals surface area (Å²) < 4.78 is 6.06. The molecule has 0 bridgehead atoms. The van der Waals surface area contributed by atoms with Crippen molar-refractivity contribution in [3.05, 3.63) is 41.5 Å². The first-order chi connectivity index (χ1) is 9.64. The first-order valence-corrected chi connectivity index (χ1v) is 6.99. The Bertz CT molecular complexity index is 578. The van der Waals surface area contributed by atoms with Gasteiger partial charge in [-0.2, -0.15) is 5.10 Å². The van der Waals surface area contributed by atoms with Crippen LogP contribution in [0.5, 0.6) is 5.75 Å². The van der Waals surface area contributed by atoms with Crippen LogP contribution in [0.15, 0.2) is 24.5 Å². The molecule has 1 aliphatic heterocycles. The molecule has 2 N–H and O–H groups in total. The molecule has 0 radical (unpaired) electrons. The number of ether oxygens (including phenoxy) is 1. The normalized spacial score (nSPS) is 15.9. The van der Waals surface area contributed by atoms with Crippen LogP contribution >= 0.6 is 0 Å². The maximum atomic E-state index is 6.06. The Morgan fingerprint density at radius 1 is 1.40 bits per heavy atom. The van der Waals surface area contributed by atoms with Crippen molar-refractivity contribution in [2.24, 2.45) is 0 Å². The van der Waals surface area contributed by atoms with Crippen LogP contribution in [0.2, 0.25) is 0 Å². The predicted molar refractivity (Wildman–Crippen MR) is 76.6 cm³/mol. The van der Waals surface area contributed by atoms with E-state index < -0.39 is 0 Å². The summed E-state index contributed by atoms with van der Waals surface area (Å²) in [4.78, 5) is 4.11. The molecule has 2 aromatic rings. The minimum absolute atomic E-state index is 0.0850. The summed E-state index contributed by atoms with van der Waals surface area (Å²) in [6, 6.07) is 6.39. The van der Waals surface area contributed by atoms with Crippen molar-refractivity contribution in [1.82, 2.24) is 20.5 Å². The molecule has 5 heteroatoms. The standard InChI is InChI=1S/C15H20N4O/c1-15(2)8-11-4-3-5-12(14(11)20-15)9-16-7-6-13-17-10-18-19-13/h3-5,10,16H,6-9H2,1-2H3,(H,17,18,19). The van der Waals surface area contributed by atoms with Gasteiger partial charge in [0.1, 0.15) is 23.5 Å². The van der Waals surface area contributed by atoms with Gasteiger partial charge in [0, 0.05) is 31.5 Å². The van der Waals surface area contributed by atoms with E-state index in [0.717, 1.165) is 37.5 Å². The van der Waals surface area contributed by atoms with E-state index in [1.165, 1.54) is 17.5 Å². The van der Waals surface area contributed by atoms with E-state index in [1.807, 2.05) is 0 Å². The fourth-order valence-electron chi connectivity index (χ4n) is 2.60. The highest BCUT2D eigenvalue weighted by Crippen LogP contribution is 2.37. The molecule has 1 aromatic heterocycles. The van der Waals surface area contributed by atoms with Crippen molar-refractivity contribution in [3.8, 4) is 5.75 Å². The Morgan fingerprint density at radius 2 is 2.30 bits per heavy atom. The third kappa shape index (κ3) is 2.82. The molecule has 2 heterocycles. The van der Waals surface area contributed by atoms with Gasteiger partial charge in [0.25, 0.3) is 0 Å². The third-order valence-electron chi connectivity index (χ3n) is 3.49. The van der Waals surface area contributed by atoms with E-state index in [-0.39, 0.29) is 5.60 Å². The molecule has 106 valence electrons. The van der Waals surface area contributed by atoms with Crippen molar-refractivity contribution in [3.63, 3.8) is 0 Å². The summed E-state index contributed by atoms with van der Waals surface area (Å²) in [7, 11) is 0. The molecule has 3 rings (SSSR count). The number of rotatable bonds is 5. The summed E-state index contributed by atoms with van der Waals surface area (Å²) in [6.45, 7) is 5.94. The van der Waals surface area contributed by atoms with Gasteiger partial charge in [0.15, 0.2) is 0 Å². The number of nitrogens with one attached hydrogen (secondary N) is 2. The number of benzene rings is 1. The molecule has 1 aliphatic rings. The monoisotopic (exact) mass is 272 g/mol. The van der Waals surface area contributed by atoms with E-state index in [2.05, 4.69) is 52.5 Å². The number of aromatic amines is 1. The molecule has 0 saturated heterocycles. The number of para-hydroxylation sites is 1. The summed E-state index contributed by atoms with van der Waals surface area (Å²) in [6.07, 6.45) is 3.37. The predicted octanol–water partition coefficient (Wildman–Crippen LogP) is 1.85. The summed E-state index contributed by atoms with van der Waals surface area (Å²) in [5.41, 5.74) is 2.45. The zero-order valence-electron chi connectivity index (χ0n) is 11.9. The number of hydrogen-bond acceptors (Lipinski definition) is 4. The van der Waals surface area contributed by atoms with Crippen LogP contribution in [0.25, 0.3) is 0 Å². The first-order valence-electron chi connectivity index (χ1n) is 6.99. The highest BCUT2D eigenvalue weighted by Gasteiger charge is 2.31. The zero-order valence-corrected chi connectivity index (χ0v) is 11.9.